The van der Waals surface area contributed by atoms with E-state index < -0.39 is 6.04 Å². The number of rotatable bonds is 8. The van der Waals surface area contributed by atoms with Gasteiger partial charge in [-0.05, 0) is 54.2 Å². The molecular weight excluding hydrogens is 404 g/mol. The van der Waals surface area contributed by atoms with Crippen molar-refractivity contribution >= 4 is 11.8 Å². The molecule has 168 valence electrons. The van der Waals surface area contributed by atoms with Crippen molar-refractivity contribution in [1.82, 2.24) is 10.2 Å². The van der Waals surface area contributed by atoms with E-state index in [0.717, 1.165) is 31.2 Å². The average Bonchev–Trinajstić information content (AvgIpc) is 3.56. The summed E-state index contributed by atoms with van der Waals surface area (Å²) in [6, 6.07) is 14.1. The van der Waals surface area contributed by atoms with E-state index in [4.69, 9.17) is 8.83 Å². The summed E-state index contributed by atoms with van der Waals surface area (Å²) in [5, 5.41) is 3.18. The van der Waals surface area contributed by atoms with Crippen LogP contribution in [0.25, 0.3) is 0 Å². The number of hydrogen-bond donors (Lipinski definition) is 1. The lowest BCUT2D eigenvalue weighted by atomic mass is 9.97. The average molecular weight is 435 g/mol. The zero-order chi connectivity index (χ0) is 22.5. The Bertz CT molecular complexity index is 1000. The van der Waals surface area contributed by atoms with Crippen LogP contribution >= 0.6 is 0 Å². The van der Waals surface area contributed by atoms with E-state index in [-0.39, 0.29) is 30.2 Å². The molecule has 0 radical (unpaired) electrons. The molecule has 1 fully saturated rings. The number of carbonyl (C=O) groups is 2. The van der Waals surface area contributed by atoms with Crippen LogP contribution in [0.15, 0.2) is 69.9 Å². The van der Waals surface area contributed by atoms with Crippen molar-refractivity contribution in [3.05, 3.63) is 83.7 Å². The lowest BCUT2D eigenvalue weighted by Crippen LogP contribution is -2.45. The smallest absolute Gasteiger partial charge is 0.290 e. The fourth-order valence-corrected chi connectivity index (χ4v) is 4.28. The first kappa shape index (κ1) is 21.9. The summed E-state index contributed by atoms with van der Waals surface area (Å²) in [7, 11) is 0. The summed E-state index contributed by atoms with van der Waals surface area (Å²) in [5.74, 6) is 0.627. The quantitative estimate of drug-likeness (QED) is 0.512. The van der Waals surface area contributed by atoms with Crippen LogP contribution < -0.4 is 5.32 Å². The van der Waals surface area contributed by atoms with Gasteiger partial charge in [-0.25, -0.2) is 0 Å². The lowest BCUT2D eigenvalue weighted by Gasteiger charge is -2.31. The highest BCUT2D eigenvalue weighted by molar-refractivity contribution is 5.96. The fraction of sp³-hybridized carbons (Fsp3) is 0.385. The standard InChI is InChI=1S/C26H30N2O4/c1-18(2)19-11-13-20(14-12-19)24(25(29)27-21-7-3-4-8-21)28(17-22-9-5-15-31-22)26(30)23-10-6-16-32-23/h5-6,9-16,18,21,24H,3-4,7-8,17H2,1-2H3,(H,27,29)/t24-/m1/s1. The van der Waals surface area contributed by atoms with Gasteiger partial charge >= 0.3 is 0 Å². The van der Waals surface area contributed by atoms with Crippen molar-refractivity contribution in [1.29, 1.82) is 0 Å². The van der Waals surface area contributed by atoms with Gasteiger partial charge in [0.15, 0.2) is 5.76 Å². The molecule has 1 aromatic carbocycles. The Kier molecular flexibility index (Phi) is 6.78. The second-order valence-electron chi connectivity index (χ2n) is 8.70. The van der Waals surface area contributed by atoms with Gasteiger partial charge in [-0.3, -0.25) is 9.59 Å². The van der Waals surface area contributed by atoms with Crippen molar-refractivity contribution in [2.24, 2.45) is 0 Å². The van der Waals surface area contributed by atoms with Gasteiger partial charge in [-0.1, -0.05) is 51.0 Å². The van der Waals surface area contributed by atoms with Crippen molar-refractivity contribution < 1.29 is 18.4 Å². The highest BCUT2D eigenvalue weighted by atomic mass is 16.3. The number of nitrogens with one attached hydrogen (secondary N) is 1. The molecule has 6 heteroatoms. The molecule has 0 bridgehead atoms. The molecule has 0 unspecified atom stereocenters. The Morgan fingerprint density at radius 1 is 0.969 bits per heavy atom. The minimum absolute atomic E-state index is 0.143. The summed E-state index contributed by atoms with van der Waals surface area (Å²) >= 11 is 0. The first-order valence-corrected chi connectivity index (χ1v) is 11.3. The highest BCUT2D eigenvalue weighted by Gasteiger charge is 2.35. The van der Waals surface area contributed by atoms with Gasteiger partial charge in [0, 0.05) is 6.04 Å². The van der Waals surface area contributed by atoms with E-state index in [2.05, 4.69) is 19.2 Å². The van der Waals surface area contributed by atoms with Crippen molar-refractivity contribution in [3.63, 3.8) is 0 Å². The van der Waals surface area contributed by atoms with Gasteiger partial charge in [0.05, 0.1) is 19.1 Å². The van der Waals surface area contributed by atoms with Gasteiger partial charge in [0.2, 0.25) is 5.91 Å². The third kappa shape index (κ3) is 4.96. The second kappa shape index (κ2) is 9.90. The van der Waals surface area contributed by atoms with Gasteiger partial charge in [0.1, 0.15) is 11.8 Å². The van der Waals surface area contributed by atoms with E-state index in [9.17, 15) is 9.59 Å². The van der Waals surface area contributed by atoms with E-state index >= 15 is 0 Å². The van der Waals surface area contributed by atoms with Crippen LogP contribution in [0.5, 0.6) is 0 Å². The van der Waals surface area contributed by atoms with Crippen LogP contribution in [0.4, 0.5) is 0 Å². The lowest BCUT2D eigenvalue weighted by molar-refractivity contribution is -0.126. The number of amides is 2. The molecule has 1 aliphatic rings. The zero-order valence-corrected chi connectivity index (χ0v) is 18.6. The monoisotopic (exact) mass is 434 g/mol. The van der Waals surface area contributed by atoms with Crippen LogP contribution in [0.3, 0.4) is 0 Å². The summed E-state index contributed by atoms with van der Waals surface area (Å²) in [5.41, 5.74) is 1.94. The third-order valence-electron chi connectivity index (χ3n) is 6.08. The Labute approximate surface area is 188 Å². The van der Waals surface area contributed by atoms with Crippen LogP contribution in [0, 0.1) is 0 Å². The maximum atomic E-state index is 13.6. The topological polar surface area (TPSA) is 75.7 Å². The largest absolute Gasteiger partial charge is 0.467 e. The SMILES string of the molecule is CC(C)c1ccc([C@H](C(=O)NC2CCCC2)N(Cc2ccco2)C(=O)c2ccco2)cc1. The Balaban J connectivity index is 1.72. The van der Waals surface area contributed by atoms with Crippen LogP contribution in [0.1, 0.15) is 78.9 Å². The normalized spacial score (nSPS) is 15.1. The van der Waals surface area contributed by atoms with Crippen LogP contribution in [-0.4, -0.2) is 22.8 Å². The maximum absolute atomic E-state index is 13.6. The van der Waals surface area contributed by atoms with Crippen molar-refractivity contribution in [2.45, 2.75) is 64.1 Å². The Morgan fingerprint density at radius 2 is 1.62 bits per heavy atom. The number of benzene rings is 1. The molecule has 0 saturated heterocycles. The molecule has 32 heavy (non-hydrogen) atoms. The third-order valence-corrected chi connectivity index (χ3v) is 6.08. The van der Waals surface area contributed by atoms with Crippen molar-refractivity contribution in [2.75, 3.05) is 0 Å². The predicted molar refractivity (Wildman–Crippen MR) is 121 cm³/mol. The van der Waals surface area contributed by atoms with E-state index in [0.29, 0.717) is 11.7 Å². The van der Waals surface area contributed by atoms with Crippen molar-refractivity contribution in [3.8, 4) is 0 Å². The number of nitrogens with zero attached hydrogens (tertiary/aromatic N) is 1. The number of hydrogen-bond acceptors (Lipinski definition) is 4. The highest BCUT2D eigenvalue weighted by Crippen LogP contribution is 2.29. The Morgan fingerprint density at radius 3 is 2.22 bits per heavy atom. The number of furan rings is 2. The first-order valence-electron chi connectivity index (χ1n) is 11.3. The second-order valence-corrected chi connectivity index (χ2v) is 8.70. The van der Waals surface area contributed by atoms with E-state index in [1.54, 1.807) is 30.5 Å². The van der Waals surface area contributed by atoms with Gasteiger partial charge in [-0.15, -0.1) is 0 Å². The molecule has 1 aliphatic carbocycles. The maximum Gasteiger partial charge on any atom is 0.290 e. The van der Waals surface area contributed by atoms with E-state index in [1.807, 2.05) is 24.3 Å². The molecule has 2 amide bonds. The van der Waals surface area contributed by atoms with E-state index in [1.165, 1.54) is 16.7 Å². The minimum atomic E-state index is -0.806. The molecule has 2 heterocycles. The minimum Gasteiger partial charge on any atom is -0.467 e. The first-order chi connectivity index (χ1) is 15.5. The summed E-state index contributed by atoms with van der Waals surface area (Å²) in [4.78, 5) is 28.6. The van der Waals surface area contributed by atoms with Crippen LogP contribution in [-0.2, 0) is 11.3 Å². The Hall–Kier alpha value is -3.28. The molecule has 4 rings (SSSR count). The molecule has 1 saturated carbocycles. The molecule has 0 aliphatic heterocycles. The number of carbonyl (C=O) groups excluding carboxylic acids is 2. The molecule has 6 nitrogen and oxygen atoms in total. The van der Waals surface area contributed by atoms with Crippen LogP contribution in [0.2, 0.25) is 0 Å². The van der Waals surface area contributed by atoms with Gasteiger partial charge in [0.25, 0.3) is 5.91 Å². The molecule has 1 N–H and O–H groups in total. The summed E-state index contributed by atoms with van der Waals surface area (Å²) in [6.07, 6.45) is 7.18. The summed E-state index contributed by atoms with van der Waals surface area (Å²) < 4.78 is 10.9. The van der Waals surface area contributed by atoms with Gasteiger partial charge < -0.3 is 19.1 Å². The molecule has 2 aromatic heterocycles. The zero-order valence-electron chi connectivity index (χ0n) is 18.6. The molecule has 3 aromatic rings. The summed E-state index contributed by atoms with van der Waals surface area (Å²) in [6.45, 7) is 4.41. The molecular formula is C26H30N2O4. The molecule has 0 spiro atoms. The van der Waals surface area contributed by atoms with Gasteiger partial charge in [-0.2, -0.15) is 0 Å². The fourth-order valence-electron chi connectivity index (χ4n) is 4.28. The molecule has 1 atom stereocenters. The predicted octanol–water partition coefficient (Wildman–Crippen LogP) is 5.44.